The zero-order chi connectivity index (χ0) is 16.2. The molecule has 3 N–H and O–H groups in total. The topological polar surface area (TPSA) is 82.2 Å². The molecule has 23 heavy (non-hydrogen) atoms. The molecule has 1 aliphatic rings. The summed E-state index contributed by atoms with van der Waals surface area (Å²) in [7, 11) is -3.57. The Kier molecular flexibility index (Phi) is 3.06. The van der Waals surface area contributed by atoms with Gasteiger partial charge in [-0.05, 0) is 41.5 Å². The molecule has 0 saturated heterocycles. The molecule has 118 valence electrons. The first-order valence-corrected chi connectivity index (χ1v) is 8.52. The standard InChI is InChI=1S/C16H13FN2O3S/c17-10-2-3-11-13(7-18-14(11)6-10)9-1-4-16-12(5-9)15(8-20)19-23(16,21)22/h1-7,15,18-20H,8H2. The van der Waals surface area contributed by atoms with Crippen LogP contribution in [0.2, 0.25) is 0 Å². The van der Waals surface area contributed by atoms with Gasteiger partial charge in [0.25, 0.3) is 0 Å². The number of rotatable bonds is 2. The summed E-state index contributed by atoms with van der Waals surface area (Å²) in [5, 5.41) is 10.2. The first-order chi connectivity index (χ1) is 11.0. The first kappa shape index (κ1) is 14.4. The number of sulfonamides is 1. The number of nitrogens with one attached hydrogen (secondary N) is 2. The molecule has 0 fully saturated rings. The Morgan fingerprint density at radius 2 is 2.00 bits per heavy atom. The van der Waals surface area contributed by atoms with Crippen LogP contribution in [0.3, 0.4) is 0 Å². The van der Waals surface area contributed by atoms with Crippen molar-refractivity contribution in [3.05, 3.63) is 54.0 Å². The molecular formula is C16H13FN2O3S. The SMILES string of the molecule is O=S1(=O)NC(CO)c2cc(-c3c[nH]c4cc(F)ccc34)ccc21. The maximum atomic E-state index is 13.3. The summed E-state index contributed by atoms with van der Waals surface area (Å²) in [6, 6.07) is 8.83. The second kappa shape index (κ2) is 4.89. The third kappa shape index (κ3) is 2.16. The van der Waals surface area contributed by atoms with Gasteiger partial charge in [-0.25, -0.2) is 17.5 Å². The highest BCUT2D eigenvalue weighted by Crippen LogP contribution is 2.36. The second-order valence-corrected chi connectivity index (χ2v) is 7.18. The molecule has 3 aromatic rings. The summed E-state index contributed by atoms with van der Waals surface area (Å²) in [5.74, 6) is -0.324. The number of aromatic nitrogens is 1. The Morgan fingerprint density at radius 1 is 1.17 bits per heavy atom. The summed E-state index contributed by atoms with van der Waals surface area (Å²) in [6.07, 6.45) is 1.76. The van der Waals surface area contributed by atoms with E-state index < -0.39 is 16.1 Å². The van der Waals surface area contributed by atoms with E-state index in [-0.39, 0.29) is 17.3 Å². The van der Waals surface area contributed by atoms with E-state index >= 15 is 0 Å². The summed E-state index contributed by atoms with van der Waals surface area (Å²) >= 11 is 0. The van der Waals surface area contributed by atoms with Gasteiger partial charge in [0.05, 0.1) is 17.5 Å². The molecule has 0 saturated carbocycles. The lowest BCUT2D eigenvalue weighted by Crippen LogP contribution is -2.22. The smallest absolute Gasteiger partial charge is 0.241 e. The van der Waals surface area contributed by atoms with Crippen molar-refractivity contribution in [2.45, 2.75) is 10.9 Å². The summed E-state index contributed by atoms with van der Waals surface area (Å²) in [4.78, 5) is 3.20. The molecule has 1 aromatic heterocycles. The van der Waals surface area contributed by atoms with Crippen LogP contribution in [0.25, 0.3) is 22.0 Å². The average molecular weight is 332 g/mol. The molecule has 2 heterocycles. The van der Waals surface area contributed by atoms with Gasteiger partial charge in [0.1, 0.15) is 5.82 Å². The van der Waals surface area contributed by atoms with Crippen LogP contribution < -0.4 is 4.72 Å². The number of aromatic amines is 1. The van der Waals surface area contributed by atoms with Crippen molar-refractivity contribution in [2.75, 3.05) is 6.61 Å². The van der Waals surface area contributed by atoms with Crippen LogP contribution in [0.15, 0.2) is 47.5 Å². The Morgan fingerprint density at radius 3 is 2.78 bits per heavy atom. The summed E-state index contributed by atoms with van der Waals surface area (Å²) in [5.41, 5.74) is 2.87. The zero-order valence-corrected chi connectivity index (χ0v) is 12.7. The fraction of sp³-hybridized carbons (Fsp3) is 0.125. The molecule has 1 unspecified atom stereocenters. The quantitative estimate of drug-likeness (QED) is 0.673. The van der Waals surface area contributed by atoms with Crippen molar-refractivity contribution < 1.29 is 17.9 Å². The van der Waals surface area contributed by atoms with Crippen LogP contribution in [0.4, 0.5) is 4.39 Å². The maximum Gasteiger partial charge on any atom is 0.241 e. The monoisotopic (exact) mass is 332 g/mol. The van der Waals surface area contributed by atoms with Crippen LogP contribution >= 0.6 is 0 Å². The van der Waals surface area contributed by atoms with Gasteiger partial charge in [0.2, 0.25) is 10.0 Å². The average Bonchev–Trinajstić information content (AvgIpc) is 3.05. The van der Waals surface area contributed by atoms with E-state index in [2.05, 4.69) is 9.71 Å². The highest BCUT2D eigenvalue weighted by molar-refractivity contribution is 7.89. The van der Waals surface area contributed by atoms with E-state index in [1.54, 1.807) is 24.4 Å². The van der Waals surface area contributed by atoms with Crippen molar-refractivity contribution in [1.29, 1.82) is 0 Å². The van der Waals surface area contributed by atoms with Crippen molar-refractivity contribution >= 4 is 20.9 Å². The molecule has 5 nitrogen and oxygen atoms in total. The number of benzene rings is 2. The lowest BCUT2D eigenvalue weighted by molar-refractivity contribution is 0.261. The fourth-order valence-electron chi connectivity index (χ4n) is 3.02. The van der Waals surface area contributed by atoms with Crippen molar-refractivity contribution in [1.82, 2.24) is 9.71 Å². The number of fused-ring (bicyclic) bond motifs is 2. The van der Waals surface area contributed by atoms with E-state index in [4.69, 9.17) is 0 Å². The molecule has 4 rings (SSSR count). The lowest BCUT2D eigenvalue weighted by Gasteiger charge is -2.07. The Labute approximate surface area is 131 Å². The van der Waals surface area contributed by atoms with Gasteiger partial charge < -0.3 is 10.1 Å². The number of aliphatic hydroxyl groups excluding tert-OH is 1. The minimum atomic E-state index is -3.57. The van der Waals surface area contributed by atoms with Crippen molar-refractivity contribution in [3.8, 4) is 11.1 Å². The van der Waals surface area contributed by atoms with E-state index in [0.717, 1.165) is 16.5 Å². The minimum Gasteiger partial charge on any atom is -0.394 e. The largest absolute Gasteiger partial charge is 0.394 e. The summed E-state index contributed by atoms with van der Waals surface area (Å²) < 4.78 is 39.7. The minimum absolute atomic E-state index is 0.186. The van der Waals surface area contributed by atoms with E-state index in [9.17, 15) is 17.9 Å². The molecule has 1 aliphatic heterocycles. The van der Waals surface area contributed by atoms with E-state index in [1.165, 1.54) is 18.2 Å². The Bertz CT molecular complexity index is 1030. The van der Waals surface area contributed by atoms with Gasteiger partial charge in [0.15, 0.2) is 0 Å². The molecule has 0 aliphatic carbocycles. The normalized spacial score (nSPS) is 19.1. The summed E-state index contributed by atoms with van der Waals surface area (Å²) in [6.45, 7) is -0.311. The molecular weight excluding hydrogens is 319 g/mol. The maximum absolute atomic E-state index is 13.3. The van der Waals surface area contributed by atoms with Gasteiger partial charge in [-0.2, -0.15) is 0 Å². The van der Waals surface area contributed by atoms with E-state index in [1.807, 2.05) is 0 Å². The number of halogens is 1. The third-order valence-electron chi connectivity index (χ3n) is 4.11. The number of aliphatic hydroxyl groups is 1. The van der Waals surface area contributed by atoms with Crippen molar-refractivity contribution in [3.63, 3.8) is 0 Å². The Hall–Kier alpha value is -2.22. The van der Waals surface area contributed by atoms with Crippen LogP contribution in [0.5, 0.6) is 0 Å². The van der Waals surface area contributed by atoms with Crippen LogP contribution in [0.1, 0.15) is 11.6 Å². The first-order valence-electron chi connectivity index (χ1n) is 7.04. The highest BCUT2D eigenvalue weighted by Gasteiger charge is 2.33. The highest BCUT2D eigenvalue weighted by atomic mass is 32.2. The zero-order valence-electron chi connectivity index (χ0n) is 11.9. The van der Waals surface area contributed by atoms with Gasteiger partial charge in [0, 0.05) is 22.7 Å². The molecule has 7 heteroatoms. The number of hydrogen-bond acceptors (Lipinski definition) is 3. The van der Waals surface area contributed by atoms with Crippen LogP contribution in [0, 0.1) is 5.82 Å². The van der Waals surface area contributed by atoms with Gasteiger partial charge >= 0.3 is 0 Å². The molecule has 1 atom stereocenters. The van der Waals surface area contributed by atoms with Crippen LogP contribution in [-0.4, -0.2) is 25.1 Å². The van der Waals surface area contributed by atoms with Crippen molar-refractivity contribution in [2.24, 2.45) is 0 Å². The molecule has 0 amide bonds. The fourth-order valence-corrected chi connectivity index (χ4v) is 4.48. The molecule has 0 spiro atoms. The predicted molar refractivity (Wildman–Crippen MR) is 83.8 cm³/mol. The number of hydrogen-bond donors (Lipinski definition) is 3. The number of H-pyrrole nitrogens is 1. The molecule has 2 aromatic carbocycles. The molecule has 0 bridgehead atoms. The lowest BCUT2D eigenvalue weighted by atomic mass is 9.99. The van der Waals surface area contributed by atoms with Gasteiger partial charge in [-0.3, -0.25) is 0 Å². The van der Waals surface area contributed by atoms with E-state index in [0.29, 0.717) is 11.1 Å². The molecule has 0 radical (unpaired) electrons. The van der Waals surface area contributed by atoms with Gasteiger partial charge in [-0.1, -0.05) is 6.07 Å². The van der Waals surface area contributed by atoms with Crippen LogP contribution in [-0.2, 0) is 10.0 Å². The predicted octanol–water partition coefficient (Wildman–Crippen LogP) is 2.30. The van der Waals surface area contributed by atoms with Gasteiger partial charge in [-0.15, -0.1) is 0 Å². The second-order valence-electron chi connectivity index (χ2n) is 5.50. The third-order valence-corrected chi connectivity index (χ3v) is 5.66. The Balaban J connectivity index is 1.91.